The molecule has 0 aromatic rings. The highest BCUT2D eigenvalue weighted by Crippen LogP contribution is 2.45. The summed E-state index contributed by atoms with van der Waals surface area (Å²) >= 11 is 0. The van der Waals surface area contributed by atoms with Gasteiger partial charge in [0.1, 0.15) is 11.2 Å². The summed E-state index contributed by atoms with van der Waals surface area (Å²) in [5, 5.41) is 0. The van der Waals surface area contributed by atoms with Crippen LogP contribution in [-0.2, 0) is 9.47 Å². The Bertz CT molecular complexity index is 559. The van der Waals surface area contributed by atoms with E-state index in [0.29, 0.717) is 41.9 Å². The molecule has 2 aliphatic rings. The molecule has 168 valence electrons. The van der Waals surface area contributed by atoms with Crippen molar-refractivity contribution in [3.63, 3.8) is 0 Å². The summed E-state index contributed by atoms with van der Waals surface area (Å²) in [7, 11) is 0. The second kappa shape index (κ2) is 8.59. The molecule has 4 nitrogen and oxygen atoms in total. The zero-order valence-corrected chi connectivity index (χ0v) is 21.0. The maximum absolute atomic E-state index is 6.68. The minimum absolute atomic E-state index is 0.167. The lowest BCUT2D eigenvalue weighted by molar-refractivity contribution is -0.0490. The normalized spacial score (nSPS) is 26.0. The van der Waals surface area contributed by atoms with Gasteiger partial charge in [0.25, 0.3) is 0 Å². The third kappa shape index (κ3) is 3.97. The van der Waals surface area contributed by atoms with E-state index in [2.05, 4.69) is 83.1 Å². The van der Waals surface area contributed by atoms with Crippen LogP contribution < -0.4 is 0 Å². The van der Waals surface area contributed by atoms with E-state index in [0.717, 1.165) is 11.8 Å². The molecule has 0 radical (unpaired) electrons. The summed E-state index contributed by atoms with van der Waals surface area (Å²) in [5.41, 5.74) is -0.513. The molecule has 0 unspecified atom stereocenters. The van der Waals surface area contributed by atoms with Gasteiger partial charge in [0.2, 0.25) is 0 Å². The largest absolute Gasteiger partial charge is 0.471 e. The van der Waals surface area contributed by atoms with Crippen LogP contribution in [0.3, 0.4) is 0 Å². The van der Waals surface area contributed by atoms with Gasteiger partial charge in [-0.25, -0.2) is 9.98 Å². The summed E-state index contributed by atoms with van der Waals surface area (Å²) in [6.45, 7) is 27.1. The van der Waals surface area contributed by atoms with Crippen LogP contribution in [0.25, 0.3) is 0 Å². The fourth-order valence-electron chi connectivity index (χ4n) is 5.90. The van der Waals surface area contributed by atoms with Crippen LogP contribution in [0.15, 0.2) is 9.98 Å². The summed E-state index contributed by atoms with van der Waals surface area (Å²) in [5.74, 6) is 4.00. The zero-order valence-electron chi connectivity index (χ0n) is 21.0. The molecule has 2 atom stereocenters. The Hall–Kier alpha value is -1.06. The van der Waals surface area contributed by atoms with Gasteiger partial charge in [-0.15, -0.1) is 0 Å². The highest BCUT2D eigenvalue weighted by molar-refractivity contribution is 5.99. The van der Waals surface area contributed by atoms with Crippen molar-refractivity contribution in [2.45, 2.75) is 113 Å². The van der Waals surface area contributed by atoms with Crippen molar-refractivity contribution < 1.29 is 9.47 Å². The van der Waals surface area contributed by atoms with Crippen LogP contribution in [0.2, 0.25) is 0 Å². The fourth-order valence-corrected chi connectivity index (χ4v) is 5.90. The fraction of sp³-hybridized carbons (Fsp3) is 0.920. The topological polar surface area (TPSA) is 43.2 Å². The average Bonchev–Trinajstić information content (AvgIpc) is 3.15. The Balaban J connectivity index is 2.34. The van der Waals surface area contributed by atoms with Gasteiger partial charge in [-0.2, -0.15) is 0 Å². The van der Waals surface area contributed by atoms with E-state index in [1.807, 2.05) is 0 Å². The van der Waals surface area contributed by atoms with Gasteiger partial charge in [0, 0.05) is 0 Å². The summed E-state index contributed by atoms with van der Waals surface area (Å²) in [6, 6.07) is 0.334. The molecular formula is C25H46N2O2. The lowest BCUT2D eigenvalue weighted by atomic mass is 9.72. The molecular weight excluding hydrogens is 360 g/mol. The molecule has 0 amide bonds. The minimum Gasteiger partial charge on any atom is -0.471 e. The van der Waals surface area contributed by atoms with Gasteiger partial charge in [-0.1, -0.05) is 83.1 Å². The van der Waals surface area contributed by atoms with Crippen LogP contribution in [0, 0.1) is 35.5 Å². The Morgan fingerprint density at radius 3 is 1.03 bits per heavy atom. The number of hydrogen-bond donors (Lipinski definition) is 0. The van der Waals surface area contributed by atoms with Gasteiger partial charge < -0.3 is 9.47 Å². The number of nitrogens with zero attached hydrogens (tertiary/aromatic N) is 2. The molecule has 0 aromatic heterocycles. The predicted octanol–water partition coefficient (Wildman–Crippen LogP) is 6.38. The Morgan fingerprint density at radius 2 is 0.862 bits per heavy atom. The van der Waals surface area contributed by atoms with E-state index >= 15 is 0 Å². The molecule has 0 saturated carbocycles. The lowest BCUT2D eigenvalue weighted by Crippen LogP contribution is -2.52. The summed E-state index contributed by atoms with van der Waals surface area (Å²) in [4.78, 5) is 10.2. The molecule has 0 N–H and O–H groups in total. The van der Waals surface area contributed by atoms with Crippen molar-refractivity contribution in [3.8, 4) is 0 Å². The maximum Gasteiger partial charge on any atom is 0.193 e. The van der Waals surface area contributed by atoms with Crippen LogP contribution in [0.4, 0.5) is 0 Å². The van der Waals surface area contributed by atoms with Gasteiger partial charge in [-0.05, 0) is 35.5 Å². The standard InChI is InChI=1S/C25H46N2O2/c1-14(2)22-24(16(5)6,17(7)8)28-20(26-22)13-21-27-23(15(3)4)25(29-21,18(9)10)19(11)12/h14-19,22-23H,13H2,1-12H3/t22-,23-/m1/s1. The van der Waals surface area contributed by atoms with E-state index in [4.69, 9.17) is 19.5 Å². The van der Waals surface area contributed by atoms with Gasteiger partial charge in [-0.3, -0.25) is 0 Å². The predicted molar refractivity (Wildman–Crippen MR) is 124 cm³/mol. The Kier molecular flexibility index (Phi) is 7.17. The summed E-state index contributed by atoms with van der Waals surface area (Å²) < 4.78 is 13.4. The quantitative estimate of drug-likeness (QED) is 0.469. The van der Waals surface area contributed by atoms with Crippen molar-refractivity contribution >= 4 is 11.8 Å². The smallest absolute Gasteiger partial charge is 0.193 e. The van der Waals surface area contributed by atoms with Gasteiger partial charge in [0.05, 0.1) is 18.5 Å². The Morgan fingerprint density at radius 1 is 0.586 bits per heavy atom. The average molecular weight is 407 g/mol. The van der Waals surface area contributed by atoms with Gasteiger partial charge >= 0.3 is 0 Å². The van der Waals surface area contributed by atoms with Crippen molar-refractivity contribution in [1.29, 1.82) is 0 Å². The molecule has 2 rings (SSSR count). The third-order valence-electron chi connectivity index (χ3n) is 7.25. The van der Waals surface area contributed by atoms with Crippen LogP contribution in [-0.4, -0.2) is 35.1 Å². The first-order valence-corrected chi connectivity index (χ1v) is 11.8. The second-order valence-corrected chi connectivity index (χ2v) is 11.1. The molecule has 0 spiro atoms. The number of hydrogen-bond acceptors (Lipinski definition) is 4. The number of rotatable bonds is 8. The minimum atomic E-state index is -0.257. The SMILES string of the molecule is CC(C)[C@H]1N=C(CC2=N[C@H](C(C)C)C(C(C)C)(C(C)C)O2)OC1(C(C)C)C(C)C. The van der Waals surface area contributed by atoms with E-state index in [1.165, 1.54) is 0 Å². The molecule has 4 heteroatoms. The van der Waals surface area contributed by atoms with Crippen molar-refractivity contribution in [2.24, 2.45) is 45.5 Å². The molecule has 0 saturated heterocycles. The van der Waals surface area contributed by atoms with Crippen LogP contribution in [0.5, 0.6) is 0 Å². The second-order valence-electron chi connectivity index (χ2n) is 11.1. The zero-order chi connectivity index (χ0) is 22.3. The molecule has 0 bridgehead atoms. The molecule has 2 heterocycles. The van der Waals surface area contributed by atoms with E-state index in [1.54, 1.807) is 0 Å². The first-order chi connectivity index (χ1) is 13.3. The number of aliphatic imine (C=N–C) groups is 2. The van der Waals surface area contributed by atoms with E-state index < -0.39 is 0 Å². The van der Waals surface area contributed by atoms with Crippen LogP contribution >= 0.6 is 0 Å². The monoisotopic (exact) mass is 406 g/mol. The molecule has 0 aromatic carbocycles. The highest BCUT2D eigenvalue weighted by atomic mass is 16.5. The molecule has 29 heavy (non-hydrogen) atoms. The van der Waals surface area contributed by atoms with Crippen molar-refractivity contribution in [3.05, 3.63) is 0 Å². The Labute approximate surface area is 180 Å². The number of ether oxygens (including phenoxy) is 2. The molecule has 0 aliphatic carbocycles. The third-order valence-corrected chi connectivity index (χ3v) is 7.25. The lowest BCUT2D eigenvalue weighted by Gasteiger charge is -2.42. The van der Waals surface area contributed by atoms with E-state index in [-0.39, 0.29) is 23.3 Å². The first-order valence-electron chi connectivity index (χ1n) is 11.8. The van der Waals surface area contributed by atoms with Crippen LogP contribution in [0.1, 0.15) is 89.5 Å². The van der Waals surface area contributed by atoms with Crippen molar-refractivity contribution in [2.75, 3.05) is 0 Å². The van der Waals surface area contributed by atoms with E-state index in [9.17, 15) is 0 Å². The first kappa shape index (κ1) is 24.2. The molecule has 2 aliphatic heterocycles. The maximum atomic E-state index is 6.68. The summed E-state index contributed by atoms with van der Waals surface area (Å²) in [6.07, 6.45) is 0.564. The van der Waals surface area contributed by atoms with Gasteiger partial charge in [0.15, 0.2) is 11.8 Å². The highest BCUT2D eigenvalue weighted by Gasteiger charge is 2.55. The molecule has 0 fully saturated rings. The van der Waals surface area contributed by atoms with Crippen molar-refractivity contribution in [1.82, 2.24) is 0 Å².